The van der Waals surface area contributed by atoms with Crippen LogP contribution in [0.1, 0.15) is 20.3 Å². The zero-order valence-electron chi connectivity index (χ0n) is 7.21. The molecule has 0 bridgehead atoms. The van der Waals surface area contributed by atoms with Gasteiger partial charge >= 0.3 is 0 Å². The van der Waals surface area contributed by atoms with E-state index in [0.717, 1.165) is 6.42 Å². The van der Waals surface area contributed by atoms with Crippen LogP contribution in [0, 0.1) is 19.3 Å². The molecule has 1 aliphatic heterocycles. The molecule has 3 heteroatoms. The maximum atomic E-state index is 5.56. The van der Waals surface area contributed by atoms with Gasteiger partial charge in [0.25, 0.3) is 0 Å². The van der Waals surface area contributed by atoms with Gasteiger partial charge in [-0.25, -0.2) is 0 Å². The normalized spacial score (nSPS) is 43.5. The second-order valence-corrected chi connectivity index (χ2v) is 2.98. The maximum absolute atomic E-state index is 5.56. The van der Waals surface area contributed by atoms with Crippen LogP contribution in [-0.4, -0.2) is 19.5 Å². The molecule has 59 valence electrons. The molecule has 0 aromatic rings. The summed E-state index contributed by atoms with van der Waals surface area (Å²) < 4.78 is 5.42. The topological polar surface area (TPSA) is 9.23 Å². The zero-order chi connectivity index (χ0) is 7.78. The van der Waals surface area contributed by atoms with Crippen LogP contribution in [0.3, 0.4) is 0 Å². The smallest absolute Gasteiger partial charge is 0.0623 e. The molecule has 1 nitrogen and oxygen atoms in total. The van der Waals surface area contributed by atoms with Crippen LogP contribution in [0.5, 0.6) is 0 Å². The maximum Gasteiger partial charge on any atom is 0.0623 e. The van der Waals surface area contributed by atoms with Crippen molar-refractivity contribution >= 4 is 7.85 Å². The summed E-state index contributed by atoms with van der Waals surface area (Å²) in [5, 5.41) is 0. The molecule has 0 amide bonds. The summed E-state index contributed by atoms with van der Waals surface area (Å²) in [7, 11) is 5.56. The molecule has 1 heterocycles. The molecule has 11 heavy (non-hydrogen) atoms. The van der Waals surface area contributed by atoms with E-state index in [4.69, 9.17) is 12.6 Å². The Morgan fingerprint density at radius 3 is 2.45 bits per heavy atom. The summed E-state index contributed by atoms with van der Waals surface area (Å²) in [5.74, 6) is 0.368. The zero-order valence-corrected chi connectivity index (χ0v) is 10.0. The van der Waals surface area contributed by atoms with Gasteiger partial charge in [0.2, 0.25) is 0 Å². The number of rotatable bonds is 1. The SMILES string of the molecule is [B][C@H]1[CH-]C(C)C([CH2-])(CC)O1.[Y]. The van der Waals surface area contributed by atoms with Gasteiger partial charge in [0.15, 0.2) is 0 Å². The first kappa shape index (κ1) is 12.1. The molecule has 1 saturated heterocycles. The predicted molar refractivity (Wildman–Crippen MR) is 42.5 cm³/mol. The average molecular weight is 225 g/mol. The minimum atomic E-state index is -0.264. The molecule has 0 N–H and O–H groups in total. The Morgan fingerprint density at radius 1 is 1.73 bits per heavy atom. The third-order valence-electron chi connectivity index (χ3n) is 2.28. The van der Waals surface area contributed by atoms with Crippen LogP contribution in [0.15, 0.2) is 0 Å². The molecule has 0 spiro atoms. The van der Waals surface area contributed by atoms with E-state index in [1.54, 1.807) is 0 Å². The largest absolute Gasteiger partial charge is 0.446 e. The quantitative estimate of drug-likeness (QED) is 0.483. The summed E-state index contributed by atoms with van der Waals surface area (Å²) in [6.07, 6.45) is 2.91. The number of ether oxygens (including phenoxy) is 1. The van der Waals surface area contributed by atoms with Gasteiger partial charge < -0.3 is 18.1 Å². The summed E-state index contributed by atoms with van der Waals surface area (Å²) >= 11 is 0. The summed E-state index contributed by atoms with van der Waals surface area (Å²) in [5.41, 5.74) is -0.264. The van der Waals surface area contributed by atoms with Crippen LogP contribution < -0.4 is 0 Å². The fraction of sp³-hybridized carbons (Fsp3) is 0.750. The van der Waals surface area contributed by atoms with Crippen molar-refractivity contribution in [2.75, 3.05) is 0 Å². The van der Waals surface area contributed by atoms with Crippen LogP contribution in [0.4, 0.5) is 0 Å². The number of hydrogen-bond donors (Lipinski definition) is 0. The third kappa shape index (κ3) is 2.53. The van der Waals surface area contributed by atoms with Gasteiger partial charge in [0.1, 0.15) is 0 Å². The van der Waals surface area contributed by atoms with Gasteiger partial charge in [-0.05, 0) is 0 Å². The van der Waals surface area contributed by atoms with Crippen LogP contribution >= 0.6 is 0 Å². The van der Waals surface area contributed by atoms with E-state index in [2.05, 4.69) is 20.8 Å². The van der Waals surface area contributed by atoms with Gasteiger partial charge in [-0.1, -0.05) is 25.9 Å². The first-order chi connectivity index (χ1) is 4.58. The van der Waals surface area contributed by atoms with Crippen LogP contribution in [0.25, 0.3) is 0 Å². The monoisotopic (exact) mass is 225 g/mol. The molecule has 3 radical (unpaired) electrons. The first-order valence-electron chi connectivity index (χ1n) is 3.72. The van der Waals surface area contributed by atoms with Gasteiger partial charge in [0, 0.05) is 32.7 Å². The van der Waals surface area contributed by atoms with E-state index in [-0.39, 0.29) is 44.3 Å². The molecular weight excluding hydrogens is 212 g/mol. The first-order valence-corrected chi connectivity index (χ1v) is 3.72. The second-order valence-electron chi connectivity index (χ2n) is 2.98. The molecule has 3 atom stereocenters. The Kier molecular flexibility index (Phi) is 4.84. The molecule has 0 aromatic heterocycles. The van der Waals surface area contributed by atoms with Crippen molar-refractivity contribution in [2.45, 2.75) is 31.9 Å². The van der Waals surface area contributed by atoms with Crippen molar-refractivity contribution in [3.05, 3.63) is 13.3 Å². The Labute approximate surface area is 95.9 Å². The molecule has 1 rings (SSSR count). The Balaban J connectivity index is 0.000001000. The van der Waals surface area contributed by atoms with Crippen molar-refractivity contribution in [1.29, 1.82) is 0 Å². The van der Waals surface area contributed by atoms with Crippen molar-refractivity contribution < 1.29 is 37.4 Å². The fourth-order valence-electron chi connectivity index (χ4n) is 1.28. The predicted octanol–water partition coefficient (Wildman–Crippen LogP) is 1.33. The summed E-state index contributed by atoms with van der Waals surface area (Å²) in [4.78, 5) is 0. The molecule has 2 unspecified atom stereocenters. The van der Waals surface area contributed by atoms with Crippen LogP contribution in [0.2, 0.25) is 0 Å². The van der Waals surface area contributed by atoms with Crippen molar-refractivity contribution in [2.24, 2.45) is 5.92 Å². The third-order valence-corrected chi connectivity index (χ3v) is 2.28. The molecule has 0 aromatic carbocycles. The van der Waals surface area contributed by atoms with Gasteiger partial charge in [-0.2, -0.15) is 5.92 Å². The van der Waals surface area contributed by atoms with Gasteiger partial charge in [-0.15, -0.1) is 6.00 Å². The molecule has 0 saturated carbocycles. The second kappa shape index (κ2) is 4.39. The Bertz CT molecular complexity index is 131. The average Bonchev–Trinajstić information content (AvgIpc) is 2.09. The molecule has 0 aliphatic carbocycles. The molecule has 1 fully saturated rings. The van der Waals surface area contributed by atoms with Crippen LogP contribution in [-0.2, 0) is 37.4 Å². The molecule has 1 aliphatic rings. The minimum Gasteiger partial charge on any atom is -0.446 e. The fourth-order valence-corrected chi connectivity index (χ4v) is 1.28. The summed E-state index contributed by atoms with van der Waals surface area (Å²) in [6.45, 7) is 8.14. The standard InChI is InChI=1S/C8H13BO.Y/c1-4-8(3)6(2)5-7(9)10-8;/h5-7H,3-4H2,1-2H3;/q-2;/t6?,7-,8?;/m1./s1. The van der Waals surface area contributed by atoms with E-state index in [0.29, 0.717) is 5.92 Å². The van der Waals surface area contributed by atoms with Crippen molar-refractivity contribution in [3.8, 4) is 0 Å². The van der Waals surface area contributed by atoms with E-state index >= 15 is 0 Å². The summed E-state index contributed by atoms with van der Waals surface area (Å²) in [6, 6.07) is -0.215. The van der Waals surface area contributed by atoms with Crippen molar-refractivity contribution in [1.82, 2.24) is 0 Å². The van der Waals surface area contributed by atoms with E-state index in [1.165, 1.54) is 0 Å². The van der Waals surface area contributed by atoms with E-state index < -0.39 is 0 Å². The Hall–Kier alpha value is 1.13. The Morgan fingerprint density at radius 2 is 2.27 bits per heavy atom. The van der Waals surface area contributed by atoms with Gasteiger partial charge in [-0.3, -0.25) is 0 Å². The number of hydrogen-bond acceptors (Lipinski definition) is 1. The van der Waals surface area contributed by atoms with E-state index in [9.17, 15) is 0 Å². The van der Waals surface area contributed by atoms with Crippen molar-refractivity contribution in [3.63, 3.8) is 0 Å². The minimum absolute atomic E-state index is 0. The molecular formula is C8H13BOY-2. The van der Waals surface area contributed by atoms with Gasteiger partial charge in [0.05, 0.1) is 7.85 Å². The van der Waals surface area contributed by atoms with E-state index in [1.807, 2.05) is 6.42 Å².